The normalized spacial score (nSPS) is 12.4. The van der Waals surface area contributed by atoms with Gasteiger partial charge in [-0.15, -0.1) is 0 Å². The molecule has 2 nitrogen and oxygen atoms in total. The van der Waals surface area contributed by atoms with E-state index in [1.165, 1.54) is 44.9 Å². The summed E-state index contributed by atoms with van der Waals surface area (Å²) < 4.78 is 5.72. The van der Waals surface area contributed by atoms with Gasteiger partial charge in [-0.2, -0.15) is 0 Å². The summed E-state index contributed by atoms with van der Waals surface area (Å²) in [5.74, 6) is -0.0499. The third kappa shape index (κ3) is 11.1. The molecule has 26 heavy (non-hydrogen) atoms. The molecule has 0 heterocycles. The van der Waals surface area contributed by atoms with Gasteiger partial charge in [-0.25, -0.2) is 0 Å². The Morgan fingerprint density at radius 1 is 0.885 bits per heavy atom. The summed E-state index contributed by atoms with van der Waals surface area (Å²) in [5.41, 5.74) is 1.11. The number of rotatable bonds is 15. The van der Waals surface area contributed by atoms with Crippen molar-refractivity contribution >= 4 is 5.97 Å². The molecule has 146 valence electrons. The monoisotopic (exact) mass is 358 g/mol. The maximum Gasteiger partial charge on any atom is 0.306 e. The smallest absolute Gasteiger partial charge is 0.306 e. The summed E-state index contributed by atoms with van der Waals surface area (Å²) in [6, 6.07) is 10.1. The molecule has 0 radical (unpaired) electrons. The Labute approximate surface area is 161 Å². The van der Waals surface area contributed by atoms with Crippen LogP contribution < -0.4 is 0 Å². The predicted molar refractivity (Wildman–Crippen MR) is 111 cm³/mol. The summed E-state index contributed by atoms with van der Waals surface area (Å²) in [5, 5.41) is 0. The summed E-state index contributed by atoms with van der Waals surface area (Å²) >= 11 is 0. The summed E-state index contributed by atoms with van der Waals surface area (Å²) in [6.07, 6.45) is 17.8. The van der Waals surface area contributed by atoms with E-state index in [9.17, 15) is 4.79 Å². The fourth-order valence-electron chi connectivity index (χ4n) is 3.06. The Balaban J connectivity index is 2.09. The lowest BCUT2D eigenvalue weighted by molar-refractivity contribution is -0.150. The maximum absolute atomic E-state index is 12.1. The Morgan fingerprint density at radius 2 is 1.54 bits per heavy atom. The molecule has 0 amide bonds. The molecule has 0 fully saturated rings. The van der Waals surface area contributed by atoms with E-state index in [-0.39, 0.29) is 12.1 Å². The standard InChI is InChI=1S/C24H38O2/c1-3-5-6-7-8-9-10-11-12-13-17-21-24(25)26-23(18-4-2)22-19-15-14-16-20-22/h7-8,14-16,19-20,23H,3-6,9-13,17-18,21H2,1-2H3/b8-7-. The van der Waals surface area contributed by atoms with Gasteiger partial charge in [-0.05, 0) is 37.7 Å². The van der Waals surface area contributed by atoms with Gasteiger partial charge in [-0.1, -0.05) is 94.9 Å². The number of esters is 1. The molecule has 0 bridgehead atoms. The lowest BCUT2D eigenvalue weighted by atomic mass is 10.1. The van der Waals surface area contributed by atoms with Gasteiger partial charge in [0, 0.05) is 6.42 Å². The quantitative estimate of drug-likeness (QED) is 0.184. The lowest BCUT2D eigenvalue weighted by Crippen LogP contribution is -2.11. The van der Waals surface area contributed by atoms with Gasteiger partial charge in [0.1, 0.15) is 6.10 Å². The first kappa shape index (κ1) is 22.5. The minimum absolute atomic E-state index is 0.0499. The molecule has 1 unspecified atom stereocenters. The first-order valence-corrected chi connectivity index (χ1v) is 10.7. The van der Waals surface area contributed by atoms with E-state index < -0.39 is 0 Å². The molecule has 1 aromatic rings. The molecule has 2 heteroatoms. The van der Waals surface area contributed by atoms with E-state index in [0.29, 0.717) is 6.42 Å². The fraction of sp³-hybridized carbons (Fsp3) is 0.625. The van der Waals surface area contributed by atoms with E-state index in [4.69, 9.17) is 4.74 Å². The van der Waals surface area contributed by atoms with Gasteiger partial charge in [0.15, 0.2) is 0 Å². The first-order chi connectivity index (χ1) is 12.8. The first-order valence-electron chi connectivity index (χ1n) is 10.7. The Kier molecular flexibility index (Phi) is 13.5. The van der Waals surface area contributed by atoms with Crippen molar-refractivity contribution < 1.29 is 9.53 Å². The third-order valence-corrected chi connectivity index (χ3v) is 4.64. The van der Waals surface area contributed by atoms with Gasteiger partial charge in [0.05, 0.1) is 0 Å². The highest BCUT2D eigenvalue weighted by atomic mass is 16.5. The molecule has 0 aliphatic rings. The molecule has 1 atom stereocenters. The van der Waals surface area contributed by atoms with Gasteiger partial charge >= 0.3 is 5.97 Å². The van der Waals surface area contributed by atoms with Crippen LogP contribution in [0.4, 0.5) is 0 Å². The molecule has 0 saturated carbocycles. The van der Waals surface area contributed by atoms with Crippen LogP contribution in [0.3, 0.4) is 0 Å². The molecule has 0 N–H and O–H groups in total. The topological polar surface area (TPSA) is 26.3 Å². The number of ether oxygens (including phenoxy) is 1. The fourth-order valence-corrected chi connectivity index (χ4v) is 3.06. The molecule has 0 aliphatic heterocycles. The number of benzene rings is 1. The van der Waals surface area contributed by atoms with E-state index in [2.05, 4.69) is 26.0 Å². The van der Waals surface area contributed by atoms with Gasteiger partial charge in [-0.3, -0.25) is 4.79 Å². The number of hydrogen-bond acceptors (Lipinski definition) is 2. The van der Waals surface area contributed by atoms with Crippen LogP contribution >= 0.6 is 0 Å². The number of carbonyl (C=O) groups is 1. The van der Waals surface area contributed by atoms with Crippen LogP contribution in [0.2, 0.25) is 0 Å². The molecular weight excluding hydrogens is 320 g/mol. The van der Waals surface area contributed by atoms with Crippen LogP contribution in [0.25, 0.3) is 0 Å². The predicted octanol–water partition coefficient (Wildman–Crippen LogP) is 7.55. The van der Waals surface area contributed by atoms with Crippen LogP contribution in [-0.2, 0) is 9.53 Å². The van der Waals surface area contributed by atoms with E-state index >= 15 is 0 Å². The number of unbranched alkanes of at least 4 members (excludes halogenated alkanes) is 7. The summed E-state index contributed by atoms with van der Waals surface area (Å²) in [6.45, 7) is 4.36. The summed E-state index contributed by atoms with van der Waals surface area (Å²) in [4.78, 5) is 12.1. The Hall–Kier alpha value is -1.57. The minimum atomic E-state index is -0.0896. The number of carbonyl (C=O) groups excluding carboxylic acids is 1. The van der Waals surface area contributed by atoms with Crippen molar-refractivity contribution in [3.8, 4) is 0 Å². The van der Waals surface area contributed by atoms with Crippen LogP contribution in [0.15, 0.2) is 42.5 Å². The van der Waals surface area contributed by atoms with Crippen molar-refractivity contribution in [1.82, 2.24) is 0 Å². The molecule has 0 saturated heterocycles. The molecule has 1 rings (SSSR count). The van der Waals surface area contributed by atoms with Gasteiger partial charge in [0.25, 0.3) is 0 Å². The van der Waals surface area contributed by atoms with Crippen molar-refractivity contribution in [2.45, 2.75) is 97.0 Å². The number of hydrogen-bond donors (Lipinski definition) is 0. The average Bonchev–Trinajstić information content (AvgIpc) is 2.66. The van der Waals surface area contributed by atoms with Gasteiger partial charge in [0.2, 0.25) is 0 Å². The largest absolute Gasteiger partial charge is 0.457 e. The van der Waals surface area contributed by atoms with Gasteiger partial charge < -0.3 is 4.74 Å². The highest BCUT2D eigenvalue weighted by Crippen LogP contribution is 2.23. The van der Waals surface area contributed by atoms with Crippen molar-refractivity contribution in [1.29, 1.82) is 0 Å². The van der Waals surface area contributed by atoms with Crippen molar-refractivity contribution in [2.24, 2.45) is 0 Å². The third-order valence-electron chi connectivity index (χ3n) is 4.64. The molecule has 1 aromatic carbocycles. The summed E-state index contributed by atoms with van der Waals surface area (Å²) in [7, 11) is 0. The maximum atomic E-state index is 12.1. The van der Waals surface area contributed by atoms with E-state index in [1.807, 2.05) is 30.3 Å². The lowest BCUT2D eigenvalue weighted by Gasteiger charge is -2.17. The molecule has 0 spiro atoms. The second kappa shape index (κ2) is 15.7. The second-order valence-corrected chi connectivity index (χ2v) is 7.10. The zero-order valence-corrected chi connectivity index (χ0v) is 16.9. The van der Waals surface area contributed by atoms with Crippen LogP contribution in [0, 0.1) is 0 Å². The average molecular weight is 359 g/mol. The minimum Gasteiger partial charge on any atom is -0.457 e. The molecular formula is C24H38O2. The van der Waals surface area contributed by atoms with Crippen LogP contribution in [0.5, 0.6) is 0 Å². The van der Waals surface area contributed by atoms with Crippen molar-refractivity contribution in [3.05, 3.63) is 48.0 Å². The SMILES string of the molecule is CCCC/C=C\CCCCCCCC(=O)OC(CCC)c1ccccc1. The molecule has 0 aromatic heterocycles. The molecule has 0 aliphatic carbocycles. The van der Waals surface area contributed by atoms with Crippen LogP contribution in [0.1, 0.15) is 103 Å². The van der Waals surface area contributed by atoms with E-state index in [1.54, 1.807) is 0 Å². The second-order valence-electron chi connectivity index (χ2n) is 7.10. The Bertz CT molecular complexity index is 478. The Morgan fingerprint density at radius 3 is 2.23 bits per heavy atom. The number of allylic oxidation sites excluding steroid dienone is 2. The highest BCUT2D eigenvalue weighted by molar-refractivity contribution is 5.69. The van der Waals surface area contributed by atoms with E-state index in [0.717, 1.165) is 31.2 Å². The van der Waals surface area contributed by atoms with Crippen molar-refractivity contribution in [3.63, 3.8) is 0 Å². The highest BCUT2D eigenvalue weighted by Gasteiger charge is 2.15. The zero-order valence-electron chi connectivity index (χ0n) is 16.9. The van der Waals surface area contributed by atoms with Crippen LogP contribution in [-0.4, -0.2) is 5.97 Å². The zero-order chi connectivity index (χ0) is 18.9. The van der Waals surface area contributed by atoms with Crippen molar-refractivity contribution in [2.75, 3.05) is 0 Å².